The minimum atomic E-state index is -0.712. The Kier molecular flexibility index (Phi) is 7.23. The fourth-order valence-corrected chi connectivity index (χ4v) is 4.42. The minimum absolute atomic E-state index is 0.210. The van der Waals surface area contributed by atoms with Crippen LogP contribution in [0.15, 0.2) is 54.7 Å². The maximum absolute atomic E-state index is 12.5. The highest BCUT2D eigenvalue weighted by atomic mass is 16.5. The van der Waals surface area contributed by atoms with Gasteiger partial charge in [-0.3, -0.25) is 14.8 Å². The van der Waals surface area contributed by atoms with Gasteiger partial charge in [0.15, 0.2) is 5.82 Å². The largest absolute Gasteiger partial charge is 0.473 e. The number of aromatic nitrogens is 3. The van der Waals surface area contributed by atoms with Gasteiger partial charge in [0.25, 0.3) is 0 Å². The van der Waals surface area contributed by atoms with Crippen LogP contribution in [0, 0.1) is 16.7 Å². The lowest BCUT2D eigenvalue weighted by Crippen LogP contribution is -2.24. The summed E-state index contributed by atoms with van der Waals surface area (Å²) in [5.74, 6) is 1.20. The molecule has 3 N–H and O–H groups in total. The van der Waals surface area contributed by atoms with E-state index in [1.165, 1.54) is 6.21 Å². The molecule has 0 amide bonds. The Morgan fingerprint density at radius 3 is 2.62 bits per heavy atom. The summed E-state index contributed by atoms with van der Waals surface area (Å²) in [6.07, 6.45) is 9.70. The quantitative estimate of drug-likeness (QED) is 0.249. The van der Waals surface area contributed by atoms with Gasteiger partial charge in [0, 0.05) is 25.0 Å². The second kappa shape index (κ2) is 10.9. The van der Waals surface area contributed by atoms with Gasteiger partial charge in [-0.25, -0.2) is 0 Å². The molecule has 2 aliphatic rings. The first-order valence-corrected chi connectivity index (χ1v) is 12.9. The van der Waals surface area contributed by atoms with Crippen LogP contribution in [0.3, 0.4) is 0 Å². The lowest BCUT2D eigenvalue weighted by Gasteiger charge is -2.17. The van der Waals surface area contributed by atoms with Gasteiger partial charge in [0.1, 0.15) is 11.9 Å². The fourth-order valence-electron chi connectivity index (χ4n) is 4.42. The van der Waals surface area contributed by atoms with Crippen LogP contribution in [0.1, 0.15) is 49.4 Å². The number of nitrogens with one attached hydrogen (secondary N) is 3. The molecule has 0 saturated heterocycles. The third-order valence-corrected chi connectivity index (χ3v) is 6.79. The first-order valence-electron chi connectivity index (χ1n) is 12.9. The van der Waals surface area contributed by atoms with E-state index in [1.807, 2.05) is 24.3 Å². The van der Waals surface area contributed by atoms with Crippen molar-refractivity contribution in [1.29, 1.82) is 10.7 Å². The summed E-state index contributed by atoms with van der Waals surface area (Å²) >= 11 is 0. The van der Waals surface area contributed by atoms with Crippen molar-refractivity contribution in [3.05, 3.63) is 71.6 Å². The number of hydrogen-bond donors (Lipinski definition) is 3. The highest BCUT2D eigenvalue weighted by Gasteiger charge is 2.53. The van der Waals surface area contributed by atoms with Crippen molar-refractivity contribution in [2.24, 2.45) is 0 Å². The third kappa shape index (κ3) is 5.43. The van der Waals surface area contributed by atoms with Gasteiger partial charge in [0.05, 0.1) is 47.3 Å². The fraction of sp³-hybridized carbons (Fsp3) is 0.310. The highest BCUT2D eigenvalue weighted by Crippen LogP contribution is 2.50. The van der Waals surface area contributed by atoms with Crippen LogP contribution in [0.4, 0.5) is 5.82 Å². The van der Waals surface area contributed by atoms with E-state index >= 15 is 0 Å². The third-order valence-electron chi connectivity index (χ3n) is 6.79. The first-order chi connectivity index (χ1) is 19.0. The predicted octanol–water partition coefficient (Wildman–Crippen LogP) is 4.20. The van der Waals surface area contributed by atoms with Crippen molar-refractivity contribution in [2.75, 3.05) is 19.0 Å². The normalized spacial score (nSPS) is 15.8. The molecule has 2 fully saturated rings. The number of rotatable bonds is 11. The Hall–Kier alpha value is -4.78. The van der Waals surface area contributed by atoms with Gasteiger partial charge in [-0.05, 0) is 55.9 Å². The summed E-state index contributed by atoms with van der Waals surface area (Å²) in [5.41, 5.74) is 3.17. The molecule has 3 aromatic rings. The lowest BCUT2D eigenvalue weighted by molar-refractivity contribution is -0.146. The number of nitriles is 1. The standard InChI is InChI=1S/C29H29N7O3/c1-3-38-28(37)29(10-11-29)23-8-4-18(12-20(23)13-30)19-5-9-24(34-15-19)22(14-31)27(32-2)36-25-16-33-17-26(35-25)39-21-6-7-21/h4-5,8-9,12,14-17,21,31-32H,3,6-7,10-11H2,1-2H3,(H,35,36)/b27-22-,31-14?. The number of ether oxygens (including phenoxy) is 2. The van der Waals surface area contributed by atoms with Gasteiger partial charge < -0.3 is 25.5 Å². The number of anilines is 1. The maximum Gasteiger partial charge on any atom is 0.316 e. The van der Waals surface area contributed by atoms with Gasteiger partial charge in [0.2, 0.25) is 5.88 Å². The Labute approximate surface area is 226 Å². The van der Waals surface area contributed by atoms with E-state index in [1.54, 1.807) is 38.6 Å². The smallest absolute Gasteiger partial charge is 0.316 e. The van der Waals surface area contributed by atoms with Crippen molar-refractivity contribution in [3.8, 4) is 23.1 Å². The molecule has 1 aromatic carbocycles. The van der Waals surface area contributed by atoms with E-state index in [9.17, 15) is 10.1 Å². The van der Waals surface area contributed by atoms with Crippen molar-refractivity contribution in [2.45, 2.75) is 44.1 Å². The molecule has 0 radical (unpaired) electrons. The van der Waals surface area contributed by atoms with Crippen molar-refractivity contribution >= 4 is 23.6 Å². The number of esters is 1. The average Bonchev–Trinajstić information content (AvgIpc) is 3.90. The van der Waals surface area contributed by atoms with Gasteiger partial charge in [-0.1, -0.05) is 18.2 Å². The van der Waals surface area contributed by atoms with Crippen LogP contribution in [0.25, 0.3) is 16.7 Å². The van der Waals surface area contributed by atoms with Gasteiger partial charge >= 0.3 is 5.97 Å². The van der Waals surface area contributed by atoms with E-state index in [4.69, 9.17) is 14.9 Å². The van der Waals surface area contributed by atoms with E-state index in [-0.39, 0.29) is 12.1 Å². The maximum atomic E-state index is 12.5. The molecule has 39 heavy (non-hydrogen) atoms. The van der Waals surface area contributed by atoms with E-state index < -0.39 is 5.41 Å². The van der Waals surface area contributed by atoms with Gasteiger partial charge in [-0.15, -0.1) is 0 Å². The molecule has 2 aromatic heterocycles. The predicted molar refractivity (Wildman–Crippen MR) is 146 cm³/mol. The minimum Gasteiger partial charge on any atom is -0.473 e. The second-order valence-electron chi connectivity index (χ2n) is 9.47. The van der Waals surface area contributed by atoms with Crippen LogP contribution in [0.2, 0.25) is 0 Å². The van der Waals surface area contributed by atoms with E-state index in [0.29, 0.717) is 59.4 Å². The Morgan fingerprint density at radius 2 is 2.00 bits per heavy atom. The topological polar surface area (TPSA) is 146 Å². The Balaban J connectivity index is 1.38. The summed E-state index contributed by atoms with van der Waals surface area (Å²) in [5, 5.41) is 24.1. The van der Waals surface area contributed by atoms with Crippen LogP contribution >= 0.6 is 0 Å². The molecule has 0 aliphatic heterocycles. The number of carbonyl (C=O) groups excluding carboxylic acids is 1. The van der Waals surface area contributed by atoms with Crippen LogP contribution in [-0.2, 0) is 14.9 Å². The molecule has 0 unspecified atom stereocenters. The first kappa shape index (κ1) is 25.9. The summed E-state index contributed by atoms with van der Waals surface area (Å²) in [4.78, 5) is 25.8. The highest BCUT2D eigenvalue weighted by molar-refractivity contribution is 6.09. The van der Waals surface area contributed by atoms with E-state index in [0.717, 1.165) is 24.0 Å². The lowest BCUT2D eigenvalue weighted by atomic mass is 9.89. The van der Waals surface area contributed by atoms with Crippen LogP contribution < -0.4 is 15.4 Å². The van der Waals surface area contributed by atoms with Crippen molar-refractivity contribution in [1.82, 2.24) is 20.3 Å². The molecule has 2 saturated carbocycles. The molecular formula is C29H29N7O3. The zero-order chi connectivity index (χ0) is 27.4. The van der Waals surface area contributed by atoms with E-state index in [2.05, 4.69) is 31.7 Å². The average molecular weight is 524 g/mol. The number of carbonyl (C=O) groups is 1. The second-order valence-corrected chi connectivity index (χ2v) is 9.47. The van der Waals surface area contributed by atoms with Gasteiger partial charge in [-0.2, -0.15) is 10.2 Å². The molecule has 10 heteroatoms. The Morgan fingerprint density at radius 1 is 1.21 bits per heavy atom. The molecule has 0 bridgehead atoms. The monoisotopic (exact) mass is 523 g/mol. The molecule has 198 valence electrons. The summed E-state index contributed by atoms with van der Waals surface area (Å²) < 4.78 is 11.0. The van der Waals surface area contributed by atoms with Crippen molar-refractivity contribution in [3.63, 3.8) is 0 Å². The molecule has 0 spiro atoms. The summed E-state index contributed by atoms with van der Waals surface area (Å²) in [6, 6.07) is 11.5. The molecule has 0 atom stereocenters. The summed E-state index contributed by atoms with van der Waals surface area (Å²) in [6.45, 7) is 2.09. The summed E-state index contributed by atoms with van der Waals surface area (Å²) in [7, 11) is 1.74. The number of pyridine rings is 1. The molecule has 5 rings (SSSR count). The number of allylic oxidation sites excluding steroid dienone is 1. The Bertz CT molecular complexity index is 1470. The molecule has 2 heterocycles. The number of nitrogens with zero attached hydrogens (tertiary/aromatic N) is 4. The number of hydrogen-bond acceptors (Lipinski definition) is 10. The van der Waals surface area contributed by atoms with Crippen LogP contribution in [-0.4, -0.2) is 46.9 Å². The molecular weight excluding hydrogens is 494 g/mol. The zero-order valence-corrected chi connectivity index (χ0v) is 21.8. The number of benzene rings is 1. The van der Waals surface area contributed by atoms with Crippen LogP contribution in [0.5, 0.6) is 5.88 Å². The molecule has 10 nitrogen and oxygen atoms in total. The zero-order valence-electron chi connectivity index (χ0n) is 21.8. The SMILES string of the molecule is CCOC(=O)C1(c2ccc(-c3ccc(/C(C=N)=C(/NC)Nc4cncc(OC5CC5)n4)nc3)cc2C#N)CC1. The van der Waals surface area contributed by atoms with Crippen molar-refractivity contribution < 1.29 is 14.3 Å². The molecule has 2 aliphatic carbocycles.